The summed E-state index contributed by atoms with van der Waals surface area (Å²) in [5.74, 6) is -0.547. The molecule has 1 rings (SSSR count). The van der Waals surface area contributed by atoms with E-state index in [1.54, 1.807) is 0 Å². The van der Waals surface area contributed by atoms with Gasteiger partial charge in [0.15, 0.2) is 0 Å². The summed E-state index contributed by atoms with van der Waals surface area (Å²) >= 11 is 0. The Balaban J connectivity index is 2.55. The van der Waals surface area contributed by atoms with Crippen molar-refractivity contribution in [1.29, 1.82) is 0 Å². The van der Waals surface area contributed by atoms with Crippen LogP contribution >= 0.6 is 0 Å². The molecular weight excluding hydrogens is 194 g/mol. The van der Waals surface area contributed by atoms with Gasteiger partial charge in [-0.25, -0.2) is 0 Å². The van der Waals surface area contributed by atoms with Crippen LogP contribution < -0.4 is 16.4 Å². The number of nitrogens with one attached hydrogen (secondary N) is 2. The van der Waals surface area contributed by atoms with E-state index in [4.69, 9.17) is 5.73 Å². The standard InChI is InChI=1S/C10H19N3O2/c1-2-3-10(4-5-12-7-10)9(15)13-6-8(11)14/h12H,2-7H2,1H3,(H2,11,14)(H,13,15). The van der Waals surface area contributed by atoms with Crippen molar-refractivity contribution in [3.05, 3.63) is 0 Å². The maximum absolute atomic E-state index is 11.9. The van der Waals surface area contributed by atoms with E-state index in [9.17, 15) is 9.59 Å². The van der Waals surface area contributed by atoms with E-state index in [1.165, 1.54) is 0 Å². The summed E-state index contributed by atoms with van der Waals surface area (Å²) in [7, 11) is 0. The molecule has 4 N–H and O–H groups in total. The molecule has 0 bridgehead atoms. The zero-order valence-electron chi connectivity index (χ0n) is 9.14. The molecule has 5 heteroatoms. The van der Waals surface area contributed by atoms with Gasteiger partial charge in [-0.3, -0.25) is 9.59 Å². The molecule has 0 aromatic heterocycles. The number of nitrogens with two attached hydrogens (primary N) is 1. The van der Waals surface area contributed by atoms with Crippen LogP contribution in [0.5, 0.6) is 0 Å². The second kappa shape index (κ2) is 5.11. The lowest BCUT2D eigenvalue weighted by atomic mass is 9.81. The number of amides is 2. The fourth-order valence-electron chi connectivity index (χ4n) is 2.10. The van der Waals surface area contributed by atoms with Crippen molar-refractivity contribution >= 4 is 11.8 Å². The Morgan fingerprint density at radius 2 is 2.27 bits per heavy atom. The van der Waals surface area contributed by atoms with Gasteiger partial charge >= 0.3 is 0 Å². The largest absolute Gasteiger partial charge is 0.368 e. The second-order valence-corrected chi connectivity index (χ2v) is 4.11. The fraction of sp³-hybridized carbons (Fsp3) is 0.800. The molecule has 0 aromatic rings. The Bertz CT molecular complexity index is 247. The first-order valence-electron chi connectivity index (χ1n) is 5.38. The second-order valence-electron chi connectivity index (χ2n) is 4.11. The van der Waals surface area contributed by atoms with E-state index in [0.29, 0.717) is 6.54 Å². The van der Waals surface area contributed by atoms with Gasteiger partial charge in [0.2, 0.25) is 11.8 Å². The molecule has 0 saturated carbocycles. The zero-order valence-corrected chi connectivity index (χ0v) is 9.14. The number of carbonyl (C=O) groups excluding carboxylic acids is 2. The van der Waals surface area contributed by atoms with Crippen LogP contribution in [0.25, 0.3) is 0 Å². The van der Waals surface area contributed by atoms with Gasteiger partial charge in [0.25, 0.3) is 0 Å². The Labute approximate surface area is 89.8 Å². The van der Waals surface area contributed by atoms with Crippen LogP contribution in [0.1, 0.15) is 26.2 Å². The van der Waals surface area contributed by atoms with Crippen molar-refractivity contribution in [2.24, 2.45) is 11.1 Å². The number of hydrogen-bond donors (Lipinski definition) is 3. The molecule has 1 aliphatic heterocycles. The molecule has 1 atom stereocenters. The number of primary amides is 1. The van der Waals surface area contributed by atoms with Crippen molar-refractivity contribution < 1.29 is 9.59 Å². The van der Waals surface area contributed by atoms with Gasteiger partial charge < -0.3 is 16.4 Å². The summed E-state index contributed by atoms with van der Waals surface area (Å²) in [6.07, 6.45) is 2.65. The number of hydrogen-bond acceptors (Lipinski definition) is 3. The quantitative estimate of drug-likeness (QED) is 0.568. The molecule has 1 fully saturated rings. The molecule has 0 spiro atoms. The predicted molar refractivity (Wildman–Crippen MR) is 57.0 cm³/mol. The van der Waals surface area contributed by atoms with Crippen LogP contribution in [0.15, 0.2) is 0 Å². The lowest BCUT2D eigenvalue weighted by Gasteiger charge is -2.26. The van der Waals surface area contributed by atoms with Crippen LogP contribution in [0.4, 0.5) is 0 Å². The summed E-state index contributed by atoms with van der Waals surface area (Å²) < 4.78 is 0. The average Bonchev–Trinajstić information content (AvgIpc) is 2.64. The molecule has 2 amide bonds. The van der Waals surface area contributed by atoms with E-state index < -0.39 is 5.91 Å². The maximum atomic E-state index is 11.9. The molecular formula is C10H19N3O2. The fourth-order valence-corrected chi connectivity index (χ4v) is 2.10. The topological polar surface area (TPSA) is 84.2 Å². The highest BCUT2D eigenvalue weighted by atomic mass is 16.2. The molecule has 86 valence electrons. The average molecular weight is 213 g/mol. The van der Waals surface area contributed by atoms with Gasteiger partial charge in [-0.05, 0) is 19.4 Å². The summed E-state index contributed by atoms with van der Waals surface area (Å²) in [5, 5.41) is 5.79. The molecule has 1 heterocycles. The first-order chi connectivity index (χ1) is 7.10. The highest BCUT2D eigenvalue weighted by Crippen LogP contribution is 2.31. The van der Waals surface area contributed by atoms with Crippen LogP contribution in [-0.4, -0.2) is 31.4 Å². The molecule has 0 aromatic carbocycles. The molecule has 0 radical (unpaired) electrons. The van der Waals surface area contributed by atoms with Gasteiger partial charge in [-0.1, -0.05) is 13.3 Å². The van der Waals surface area contributed by atoms with Crippen LogP contribution in [-0.2, 0) is 9.59 Å². The van der Waals surface area contributed by atoms with Crippen molar-refractivity contribution in [3.63, 3.8) is 0 Å². The molecule has 1 aliphatic rings. The summed E-state index contributed by atoms with van der Waals surface area (Å²) in [6, 6.07) is 0. The smallest absolute Gasteiger partial charge is 0.236 e. The SMILES string of the molecule is CCCC1(C(=O)NCC(N)=O)CCNC1. The highest BCUT2D eigenvalue weighted by molar-refractivity contribution is 5.87. The van der Waals surface area contributed by atoms with E-state index in [1.807, 2.05) is 0 Å². The van der Waals surface area contributed by atoms with Crippen molar-refractivity contribution in [3.8, 4) is 0 Å². The van der Waals surface area contributed by atoms with E-state index in [2.05, 4.69) is 17.6 Å². The monoisotopic (exact) mass is 213 g/mol. The normalized spacial score (nSPS) is 25.1. The predicted octanol–water partition coefficient (Wildman–Crippen LogP) is -0.632. The summed E-state index contributed by atoms with van der Waals surface area (Å²) in [6.45, 7) is 3.56. The molecule has 1 unspecified atom stereocenters. The minimum absolute atomic E-state index is 0.0480. The lowest BCUT2D eigenvalue weighted by molar-refractivity contribution is -0.132. The zero-order chi connectivity index (χ0) is 11.3. The number of rotatable bonds is 5. The van der Waals surface area contributed by atoms with E-state index in [0.717, 1.165) is 25.8 Å². The van der Waals surface area contributed by atoms with E-state index in [-0.39, 0.29) is 17.9 Å². The Kier molecular flexibility index (Phi) is 4.08. The van der Waals surface area contributed by atoms with Crippen molar-refractivity contribution in [1.82, 2.24) is 10.6 Å². The third-order valence-corrected chi connectivity index (χ3v) is 2.88. The van der Waals surface area contributed by atoms with Gasteiger partial charge in [0.05, 0.1) is 12.0 Å². The first kappa shape index (κ1) is 12.0. The van der Waals surface area contributed by atoms with Gasteiger partial charge in [0, 0.05) is 6.54 Å². The third kappa shape index (κ3) is 2.92. The van der Waals surface area contributed by atoms with Gasteiger partial charge in [-0.2, -0.15) is 0 Å². The van der Waals surface area contributed by atoms with Crippen LogP contribution in [0.3, 0.4) is 0 Å². The van der Waals surface area contributed by atoms with E-state index >= 15 is 0 Å². The Morgan fingerprint density at radius 3 is 2.73 bits per heavy atom. The minimum atomic E-state index is -0.499. The summed E-state index contributed by atoms with van der Waals surface area (Å²) in [5.41, 5.74) is 4.66. The summed E-state index contributed by atoms with van der Waals surface area (Å²) in [4.78, 5) is 22.5. The Morgan fingerprint density at radius 1 is 1.53 bits per heavy atom. The lowest BCUT2D eigenvalue weighted by Crippen LogP contribution is -2.45. The third-order valence-electron chi connectivity index (χ3n) is 2.88. The first-order valence-corrected chi connectivity index (χ1v) is 5.38. The number of carbonyl (C=O) groups is 2. The van der Waals surface area contributed by atoms with Crippen LogP contribution in [0.2, 0.25) is 0 Å². The van der Waals surface area contributed by atoms with Gasteiger partial charge in [-0.15, -0.1) is 0 Å². The molecule has 15 heavy (non-hydrogen) atoms. The maximum Gasteiger partial charge on any atom is 0.236 e. The molecule has 5 nitrogen and oxygen atoms in total. The molecule has 1 saturated heterocycles. The van der Waals surface area contributed by atoms with Crippen molar-refractivity contribution in [2.75, 3.05) is 19.6 Å². The minimum Gasteiger partial charge on any atom is -0.368 e. The highest BCUT2D eigenvalue weighted by Gasteiger charge is 2.39. The van der Waals surface area contributed by atoms with Gasteiger partial charge in [0.1, 0.15) is 0 Å². The van der Waals surface area contributed by atoms with Crippen molar-refractivity contribution in [2.45, 2.75) is 26.2 Å². The Hall–Kier alpha value is -1.10. The van der Waals surface area contributed by atoms with Crippen LogP contribution in [0, 0.1) is 5.41 Å². The molecule has 0 aliphatic carbocycles.